The third kappa shape index (κ3) is 11.9. The third-order valence-electron chi connectivity index (χ3n) is 1.24. The van der Waals surface area contributed by atoms with E-state index < -0.39 is 23.6 Å². The van der Waals surface area contributed by atoms with Crippen LogP contribution in [0.4, 0.5) is 0 Å². The number of hydrogen-bond acceptors (Lipinski definition) is 6. The number of primary amides is 2. The van der Waals surface area contributed by atoms with Crippen LogP contribution in [-0.4, -0.2) is 60.1 Å². The average Bonchev–Trinajstić information content (AvgIpc) is 2.33. The van der Waals surface area contributed by atoms with Crippen LogP contribution < -0.4 is 22.1 Å². The Hall–Kier alpha value is -2.20. The summed E-state index contributed by atoms with van der Waals surface area (Å²) >= 11 is 0. The van der Waals surface area contributed by atoms with Crippen LogP contribution >= 0.6 is 0 Å². The average molecular weight is 264 g/mol. The van der Waals surface area contributed by atoms with Gasteiger partial charge in [0.25, 0.3) is 0 Å². The summed E-state index contributed by atoms with van der Waals surface area (Å²) in [7, 11) is 0. The van der Waals surface area contributed by atoms with Crippen LogP contribution in [0.25, 0.3) is 0 Å². The van der Waals surface area contributed by atoms with E-state index in [0.717, 1.165) is 0 Å². The van der Waals surface area contributed by atoms with Crippen LogP contribution in [0.1, 0.15) is 0 Å². The van der Waals surface area contributed by atoms with Gasteiger partial charge in [0.15, 0.2) is 0 Å². The second kappa shape index (κ2) is 11.3. The molecule has 0 aromatic carbocycles. The number of aliphatic hydroxyl groups excluding tert-OH is 2. The normalized spacial score (nSPS) is 8.56. The van der Waals surface area contributed by atoms with E-state index in [4.69, 9.17) is 10.2 Å². The fourth-order valence-corrected chi connectivity index (χ4v) is 0.513. The Bertz CT molecular complexity index is 276. The Morgan fingerprint density at radius 1 is 0.778 bits per heavy atom. The van der Waals surface area contributed by atoms with Crippen LogP contribution in [-0.2, 0) is 19.2 Å². The van der Waals surface area contributed by atoms with Crippen molar-refractivity contribution in [1.82, 2.24) is 10.6 Å². The zero-order valence-corrected chi connectivity index (χ0v) is 9.51. The smallest absolute Gasteiger partial charge is 0.309 e. The van der Waals surface area contributed by atoms with Gasteiger partial charge >= 0.3 is 23.6 Å². The third-order valence-corrected chi connectivity index (χ3v) is 1.24. The molecular formula is C8H16N4O6. The largest absolute Gasteiger partial charge is 0.395 e. The first-order chi connectivity index (χ1) is 8.36. The van der Waals surface area contributed by atoms with Crippen molar-refractivity contribution in [3.8, 4) is 0 Å². The molecule has 4 amide bonds. The minimum absolute atomic E-state index is 0.0573. The number of nitrogens with one attached hydrogen (secondary N) is 2. The van der Waals surface area contributed by atoms with E-state index in [9.17, 15) is 19.2 Å². The molecule has 0 spiro atoms. The molecule has 0 rings (SSSR count). The monoisotopic (exact) mass is 264 g/mol. The van der Waals surface area contributed by atoms with Gasteiger partial charge in [-0.05, 0) is 0 Å². The molecule has 10 nitrogen and oxygen atoms in total. The first-order valence-corrected chi connectivity index (χ1v) is 4.73. The summed E-state index contributed by atoms with van der Waals surface area (Å²) in [6.45, 7) is -0.276. The fourth-order valence-electron chi connectivity index (χ4n) is 0.513. The van der Waals surface area contributed by atoms with Crippen LogP contribution in [0, 0.1) is 0 Å². The standard InChI is InChI=1S/2C4H8N2O3/c2*5-3(8)4(9)6-1-2-7/h2*7H,1-2H2,(H2,5,8)(H,6,9). The Morgan fingerprint density at radius 2 is 1.06 bits per heavy atom. The summed E-state index contributed by atoms with van der Waals surface area (Å²) in [5, 5.41) is 20.4. The molecule has 0 aliphatic heterocycles. The summed E-state index contributed by atoms with van der Waals surface area (Å²) in [4.78, 5) is 40.3. The van der Waals surface area contributed by atoms with Gasteiger partial charge in [0.05, 0.1) is 13.2 Å². The number of nitrogens with two attached hydrogens (primary N) is 2. The van der Waals surface area contributed by atoms with E-state index in [0.29, 0.717) is 0 Å². The van der Waals surface area contributed by atoms with Gasteiger partial charge < -0.3 is 32.3 Å². The lowest BCUT2D eigenvalue weighted by molar-refractivity contribution is -0.137. The lowest BCUT2D eigenvalue weighted by Gasteiger charge is -1.95. The van der Waals surface area contributed by atoms with E-state index in [2.05, 4.69) is 22.1 Å². The zero-order valence-electron chi connectivity index (χ0n) is 9.51. The fraction of sp³-hybridized carbons (Fsp3) is 0.500. The topological polar surface area (TPSA) is 185 Å². The van der Waals surface area contributed by atoms with Crippen molar-refractivity contribution in [1.29, 1.82) is 0 Å². The van der Waals surface area contributed by atoms with Gasteiger partial charge in [0.2, 0.25) is 0 Å². The lowest BCUT2D eigenvalue weighted by atomic mass is 10.5. The molecule has 0 unspecified atom stereocenters. The second-order valence-electron chi connectivity index (χ2n) is 2.69. The SMILES string of the molecule is NC(=O)C(=O)NCCO.NC(=O)C(=O)NCCO. The Labute approximate surface area is 102 Å². The molecule has 18 heavy (non-hydrogen) atoms. The predicted octanol–water partition coefficient (Wildman–Crippen LogP) is -4.84. The van der Waals surface area contributed by atoms with Crippen molar-refractivity contribution in [2.45, 2.75) is 0 Å². The lowest BCUT2D eigenvalue weighted by Crippen LogP contribution is -2.37. The summed E-state index contributed by atoms with van der Waals surface area (Å²) in [6, 6.07) is 0. The minimum Gasteiger partial charge on any atom is -0.395 e. The molecule has 0 radical (unpaired) electrons. The maximum atomic E-state index is 10.2. The molecule has 0 atom stereocenters. The summed E-state index contributed by atoms with van der Waals surface area (Å²) in [5.74, 6) is -3.82. The molecule has 0 aromatic heterocycles. The molecule has 8 N–H and O–H groups in total. The molecule has 0 bridgehead atoms. The Morgan fingerprint density at radius 3 is 1.22 bits per heavy atom. The van der Waals surface area contributed by atoms with Crippen molar-refractivity contribution < 1.29 is 29.4 Å². The first-order valence-electron chi connectivity index (χ1n) is 4.73. The molecule has 10 heteroatoms. The molecule has 0 saturated heterocycles. The molecule has 104 valence electrons. The molecule has 0 aliphatic carbocycles. The molecular weight excluding hydrogens is 248 g/mol. The molecule has 0 heterocycles. The van der Waals surface area contributed by atoms with E-state index in [1.807, 2.05) is 0 Å². The highest BCUT2D eigenvalue weighted by atomic mass is 16.3. The quantitative estimate of drug-likeness (QED) is 0.276. The van der Waals surface area contributed by atoms with E-state index in [1.165, 1.54) is 0 Å². The summed E-state index contributed by atoms with van der Waals surface area (Å²) in [6.07, 6.45) is 0. The summed E-state index contributed by atoms with van der Waals surface area (Å²) < 4.78 is 0. The van der Waals surface area contributed by atoms with Crippen LogP contribution in [0.15, 0.2) is 0 Å². The number of carbonyl (C=O) groups excluding carboxylic acids is 4. The van der Waals surface area contributed by atoms with Crippen molar-refractivity contribution in [2.24, 2.45) is 11.5 Å². The highest BCUT2D eigenvalue weighted by molar-refractivity contribution is 6.34. The van der Waals surface area contributed by atoms with Crippen LogP contribution in [0.5, 0.6) is 0 Å². The van der Waals surface area contributed by atoms with Crippen molar-refractivity contribution in [3.63, 3.8) is 0 Å². The van der Waals surface area contributed by atoms with Crippen LogP contribution in [0.3, 0.4) is 0 Å². The molecule has 0 saturated carbocycles. The van der Waals surface area contributed by atoms with Gasteiger partial charge in [0, 0.05) is 13.1 Å². The highest BCUT2D eigenvalue weighted by Gasteiger charge is 2.05. The summed E-state index contributed by atoms with van der Waals surface area (Å²) in [5.41, 5.74) is 9.09. The van der Waals surface area contributed by atoms with Gasteiger partial charge in [-0.25, -0.2) is 0 Å². The van der Waals surface area contributed by atoms with Gasteiger partial charge in [-0.1, -0.05) is 0 Å². The van der Waals surface area contributed by atoms with E-state index >= 15 is 0 Å². The Balaban J connectivity index is 0. The predicted molar refractivity (Wildman–Crippen MR) is 58.6 cm³/mol. The van der Waals surface area contributed by atoms with Gasteiger partial charge in [-0.2, -0.15) is 0 Å². The number of amides is 4. The molecule has 0 aromatic rings. The number of aliphatic hydroxyl groups is 2. The molecule has 0 aliphatic rings. The maximum Gasteiger partial charge on any atom is 0.309 e. The van der Waals surface area contributed by atoms with Crippen molar-refractivity contribution in [2.75, 3.05) is 26.3 Å². The zero-order chi connectivity index (χ0) is 14.6. The Kier molecular flexibility index (Phi) is 11.4. The van der Waals surface area contributed by atoms with E-state index in [1.54, 1.807) is 0 Å². The molecule has 0 fully saturated rings. The first kappa shape index (κ1) is 18.2. The van der Waals surface area contributed by atoms with Crippen molar-refractivity contribution >= 4 is 23.6 Å². The second-order valence-corrected chi connectivity index (χ2v) is 2.69. The highest BCUT2D eigenvalue weighted by Crippen LogP contribution is 1.61. The van der Waals surface area contributed by atoms with Crippen molar-refractivity contribution in [3.05, 3.63) is 0 Å². The minimum atomic E-state index is -1.04. The number of hydrogen-bond donors (Lipinski definition) is 6. The van der Waals surface area contributed by atoms with E-state index in [-0.39, 0.29) is 26.3 Å². The number of rotatable bonds is 4. The van der Waals surface area contributed by atoms with Gasteiger partial charge in [0.1, 0.15) is 0 Å². The van der Waals surface area contributed by atoms with Gasteiger partial charge in [-0.3, -0.25) is 19.2 Å². The number of carbonyl (C=O) groups is 4. The van der Waals surface area contributed by atoms with Crippen LogP contribution in [0.2, 0.25) is 0 Å². The van der Waals surface area contributed by atoms with Gasteiger partial charge in [-0.15, -0.1) is 0 Å². The maximum absolute atomic E-state index is 10.2.